The highest BCUT2D eigenvalue weighted by molar-refractivity contribution is 5.97. The van der Waals surface area contributed by atoms with Crippen molar-refractivity contribution in [1.29, 1.82) is 0 Å². The number of nitrogens with zero attached hydrogens (tertiary/aromatic N) is 3. The molecule has 1 aromatic heterocycles. The van der Waals surface area contributed by atoms with Crippen molar-refractivity contribution in [3.8, 4) is 11.4 Å². The van der Waals surface area contributed by atoms with Gasteiger partial charge < -0.3 is 14.8 Å². The van der Waals surface area contributed by atoms with E-state index in [-0.39, 0.29) is 22.7 Å². The van der Waals surface area contributed by atoms with E-state index >= 15 is 0 Å². The molecule has 0 saturated carbocycles. The van der Waals surface area contributed by atoms with Crippen molar-refractivity contribution in [2.24, 2.45) is 0 Å². The summed E-state index contributed by atoms with van der Waals surface area (Å²) in [6, 6.07) is 12.4. The normalized spacial score (nSPS) is 10.3. The number of carbonyl (C=O) groups is 2. The number of nitro groups is 1. The van der Waals surface area contributed by atoms with Gasteiger partial charge in [0.15, 0.2) is 6.61 Å². The maximum Gasteiger partial charge on any atom is 0.338 e. The van der Waals surface area contributed by atoms with Gasteiger partial charge in [-0.1, -0.05) is 0 Å². The number of rotatable bonds is 7. The Bertz CT molecular complexity index is 1090. The number of hydrogen-bond acceptors (Lipinski definition) is 7. The molecular formula is C20H18N4O6. The second-order valence-corrected chi connectivity index (χ2v) is 6.20. The molecule has 0 saturated heterocycles. The third kappa shape index (κ3) is 4.61. The summed E-state index contributed by atoms with van der Waals surface area (Å²) in [6.45, 7) is 1.31. The molecule has 3 aromatic rings. The molecule has 0 bridgehead atoms. The first-order valence-electron chi connectivity index (χ1n) is 8.79. The van der Waals surface area contributed by atoms with E-state index in [1.54, 1.807) is 35.1 Å². The van der Waals surface area contributed by atoms with Crippen molar-refractivity contribution in [1.82, 2.24) is 9.78 Å². The maximum absolute atomic E-state index is 12.2. The van der Waals surface area contributed by atoms with Crippen LogP contribution in [0.3, 0.4) is 0 Å². The van der Waals surface area contributed by atoms with E-state index in [4.69, 9.17) is 9.47 Å². The minimum absolute atomic E-state index is 0.0270. The van der Waals surface area contributed by atoms with Gasteiger partial charge in [-0.3, -0.25) is 14.9 Å². The second kappa shape index (κ2) is 8.86. The average molecular weight is 410 g/mol. The monoisotopic (exact) mass is 410 g/mol. The Morgan fingerprint density at radius 3 is 2.50 bits per heavy atom. The van der Waals surface area contributed by atoms with Crippen LogP contribution in [0.5, 0.6) is 5.75 Å². The third-order valence-corrected chi connectivity index (χ3v) is 4.19. The number of aryl methyl sites for hydroxylation is 1. The summed E-state index contributed by atoms with van der Waals surface area (Å²) in [7, 11) is 1.37. The molecule has 1 heterocycles. The number of hydrogen-bond donors (Lipinski definition) is 1. The summed E-state index contributed by atoms with van der Waals surface area (Å²) >= 11 is 0. The van der Waals surface area contributed by atoms with Gasteiger partial charge in [0.25, 0.3) is 11.6 Å². The molecule has 30 heavy (non-hydrogen) atoms. The first kappa shape index (κ1) is 20.5. The minimum atomic E-state index is -0.708. The van der Waals surface area contributed by atoms with Crippen LogP contribution in [-0.4, -0.2) is 40.3 Å². The molecule has 0 aliphatic carbocycles. The van der Waals surface area contributed by atoms with Gasteiger partial charge in [-0.2, -0.15) is 5.10 Å². The average Bonchev–Trinajstić information content (AvgIpc) is 3.18. The highest BCUT2D eigenvalue weighted by Gasteiger charge is 2.18. The van der Waals surface area contributed by atoms with E-state index in [9.17, 15) is 19.7 Å². The molecule has 0 fully saturated rings. The fraction of sp³-hybridized carbons (Fsp3) is 0.150. The van der Waals surface area contributed by atoms with Crippen LogP contribution in [-0.2, 0) is 9.53 Å². The Hall–Kier alpha value is -4.21. The lowest BCUT2D eigenvalue weighted by Gasteiger charge is -2.09. The third-order valence-electron chi connectivity index (χ3n) is 4.19. The summed E-state index contributed by atoms with van der Waals surface area (Å²) in [6.07, 6.45) is 1.67. The molecule has 0 spiro atoms. The number of benzene rings is 2. The Balaban J connectivity index is 1.60. The van der Waals surface area contributed by atoms with E-state index in [2.05, 4.69) is 10.4 Å². The lowest BCUT2D eigenvalue weighted by molar-refractivity contribution is -0.384. The number of nitro benzene ring substituents is 1. The number of nitrogens with one attached hydrogen (secondary N) is 1. The van der Waals surface area contributed by atoms with Crippen molar-refractivity contribution in [3.63, 3.8) is 0 Å². The number of methoxy groups -OCH3 is 1. The Kier molecular flexibility index (Phi) is 6.06. The Morgan fingerprint density at radius 2 is 1.90 bits per heavy atom. The highest BCUT2D eigenvalue weighted by atomic mass is 16.6. The lowest BCUT2D eigenvalue weighted by Crippen LogP contribution is -2.21. The standard InChI is InChI=1S/C20H18N4O6/c1-13-9-10-21-23(13)15-5-3-14(4-6-15)20(26)30-12-19(25)22-17-8-7-16(29-2)11-18(17)24(27)28/h3-11H,12H2,1-2H3,(H,22,25). The van der Waals surface area contributed by atoms with E-state index in [1.165, 1.54) is 25.3 Å². The van der Waals surface area contributed by atoms with Gasteiger partial charge in [-0.25, -0.2) is 9.48 Å². The lowest BCUT2D eigenvalue weighted by atomic mass is 10.2. The summed E-state index contributed by atoms with van der Waals surface area (Å²) in [4.78, 5) is 34.8. The zero-order valence-corrected chi connectivity index (χ0v) is 16.2. The van der Waals surface area contributed by atoms with Gasteiger partial charge in [0.1, 0.15) is 11.4 Å². The predicted molar refractivity (Wildman–Crippen MR) is 107 cm³/mol. The Labute approximate surface area is 171 Å². The molecule has 0 unspecified atom stereocenters. The van der Waals surface area contributed by atoms with Crippen molar-refractivity contribution in [3.05, 3.63) is 76.1 Å². The van der Waals surface area contributed by atoms with E-state index < -0.39 is 23.4 Å². The quantitative estimate of drug-likeness (QED) is 0.360. The van der Waals surface area contributed by atoms with Crippen LogP contribution >= 0.6 is 0 Å². The van der Waals surface area contributed by atoms with Crippen LogP contribution in [0.1, 0.15) is 16.1 Å². The molecule has 10 nitrogen and oxygen atoms in total. The van der Waals surface area contributed by atoms with Gasteiger partial charge in [0.05, 0.1) is 29.4 Å². The number of aromatic nitrogens is 2. The van der Waals surface area contributed by atoms with E-state index in [1.807, 2.05) is 13.0 Å². The highest BCUT2D eigenvalue weighted by Crippen LogP contribution is 2.28. The topological polar surface area (TPSA) is 126 Å². The largest absolute Gasteiger partial charge is 0.496 e. The molecule has 10 heteroatoms. The summed E-state index contributed by atoms with van der Waals surface area (Å²) in [5.41, 5.74) is 1.61. The number of anilines is 1. The van der Waals surface area contributed by atoms with Crippen molar-refractivity contribution in [2.45, 2.75) is 6.92 Å². The molecule has 1 N–H and O–H groups in total. The molecule has 0 atom stereocenters. The molecule has 0 radical (unpaired) electrons. The van der Waals surface area contributed by atoms with Crippen molar-refractivity contribution < 1.29 is 24.0 Å². The summed E-state index contributed by atoms with van der Waals surface area (Å²) in [5.74, 6) is -1.13. The van der Waals surface area contributed by atoms with Crippen LogP contribution in [0.25, 0.3) is 5.69 Å². The van der Waals surface area contributed by atoms with Crippen LogP contribution in [0.2, 0.25) is 0 Å². The smallest absolute Gasteiger partial charge is 0.338 e. The Morgan fingerprint density at radius 1 is 1.17 bits per heavy atom. The van der Waals surface area contributed by atoms with Crippen LogP contribution in [0.15, 0.2) is 54.7 Å². The fourth-order valence-electron chi connectivity index (χ4n) is 2.67. The van der Waals surface area contributed by atoms with Crippen molar-refractivity contribution >= 4 is 23.3 Å². The summed E-state index contributed by atoms with van der Waals surface area (Å²) < 4.78 is 11.6. The zero-order chi connectivity index (χ0) is 21.7. The minimum Gasteiger partial charge on any atom is -0.496 e. The maximum atomic E-state index is 12.2. The molecule has 2 aromatic carbocycles. The van der Waals surface area contributed by atoms with Crippen LogP contribution in [0.4, 0.5) is 11.4 Å². The van der Waals surface area contributed by atoms with E-state index in [0.717, 1.165) is 11.4 Å². The molecule has 1 amide bonds. The second-order valence-electron chi connectivity index (χ2n) is 6.20. The molecular weight excluding hydrogens is 392 g/mol. The van der Waals surface area contributed by atoms with Crippen LogP contribution < -0.4 is 10.1 Å². The number of esters is 1. The van der Waals surface area contributed by atoms with Gasteiger partial charge in [0.2, 0.25) is 0 Å². The van der Waals surface area contributed by atoms with Gasteiger partial charge in [0, 0.05) is 11.9 Å². The van der Waals surface area contributed by atoms with Gasteiger partial charge >= 0.3 is 5.97 Å². The van der Waals surface area contributed by atoms with Gasteiger partial charge in [-0.05, 0) is 49.4 Å². The zero-order valence-electron chi connectivity index (χ0n) is 16.2. The molecule has 154 valence electrons. The predicted octanol–water partition coefficient (Wildman–Crippen LogP) is 2.89. The number of amides is 1. The SMILES string of the molecule is COc1ccc(NC(=O)COC(=O)c2ccc(-n3nccc3C)cc2)c([N+](=O)[O-])c1. The molecule has 0 aliphatic heterocycles. The summed E-state index contributed by atoms with van der Waals surface area (Å²) in [5, 5.41) is 17.7. The number of carbonyl (C=O) groups excluding carboxylic acids is 2. The van der Waals surface area contributed by atoms with E-state index in [0.29, 0.717) is 0 Å². The number of ether oxygens (including phenoxy) is 2. The molecule has 0 aliphatic rings. The van der Waals surface area contributed by atoms with Crippen LogP contribution in [0, 0.1) is 17.0 Å². The van der Waals surface area contributed by atoms with Crippen molar-refractivity contribution in [2.75, 3.05) is 19.0 Å². The van der Waals surface area contributed by atoms with Gasteiger partial charge in [-0.15, -0.1) is 0 Å². The first-order chi connectivity index (χ1) is 14.4. The first-order valence-corrected chi connectivity index (χ1v) is 8.79. The molecule has 3 rings (SSSR count). The fourth-order valence-corrected chi connectivity index (χ4v) is 2.67.